The standard InChI is InChI=1S/C14H13ClN6O/c1-22-14-18-7-12(15)13(20-14)17-6-10-2-4-11(5-3-10)21-9-16-8-19-21/h2-5,7-9H,6H2,1H3,(H,17,18,20). The Bertz CT molecular complexity index is 745. The molecule has 0 spiro atoms. The molecule has 1 aromatic carbocycles. The van der Waals surface area contributed by atoms with Gasteiger partial charge in [-0.15, -0.1) is 0 Å². The highest BCUT2D eigenvalue weighted by molar-refractivity contribution is 6.32. The summed E-state index contributed by atoms with van der Waals surface area (Å²) in [6, 6.07) is 8.20. The van der Waals surface area contributed by atoms with Crippen LogP contribution >= 0.6 is 11.6 Å². The summed E-state index contributed by atoms with van der Waals surface area (Å²) in [7, 11) is 1.51. The third kappa shape index (κ3) is 3.15. The molecule has 0 atom stereocenters. The van der Waals surface area contributed by atoms with Crippen LogP contribution in [-0.2, 0) is 6.54 Å². The minimum atomic E-state index is 0.272. The zero-order chi connectivity index (χ0) is 15.4. The Kier molecular flexibility index (Phi) is 4.15. The highest BCUT2D eigenvalue weighted by Gasteiger charge is 2.05. The zero-order valence-electron chi connectivity index (χ0n) is 11.8. The van der Waals surface area contributed by atoms with Gasteiger partial charge in [0.15, 0.2) is 5.82 Å². The second-order valence-corrected chi connectivity index (χ2v) is 4.82. The summed E-state index contributed by atoms with van der Waals surface area (Å²) in [4.78, 5) is 12.0. The first kappa shape index (κ1) is 14.3. The molecule has 7 nitrogen and oxygen atoms in total. The van der Waals surface area contributed by atoms with Crippen molar-refractivity contribution in [1.82, 2.24) is 24.7 Å². The van der Waals surface area contributed by atoms with Crippen LogP contribution in [-0.4, -0.2) is 31.8 Å². The van der Waals surface area contributed by atoms with E-state index >= 15 is 0 Å². The molecule has 0 unspecified atom stereocenters. The Morgan fingerprint density at radius 2 is 2.09 bits per heavy atom. The van der Waals surface area contributed by atoms with Gasteiger partial charge < -0.3 is 10.1 Å². The minimum Gasteiger partial charge on any atom is -0.467 e. The lowest BCUT2D eigenvalue weighted by atomic mass is 10.2. The van der Waals surface area contributed by atoms with Crippen LogP contribution in [0.3, 0.4) is 0 Å². The summed E-state index contributed by atoms with van der Waals surface area (Å²) in [5.74, 6) is 0.536. The smallest absolute Gasteiger partial charge is 0.318 e. The molecule has 1 N–H and O–H groups in total. The van der Waals surface area contributed by atoms with Crippen molar-refractivity contribution in [2.24, 2.45) is 0 Å². The Labute approximate surface area is 132 Å². The fourth-order valence-electron chi connectivity index (χ4n) is 1.87. The first-order valence-corrected chi connectivity index (χ1v) is 6.88. The van der Waals surface area contributed by atoms with E-state index in [-0.39, 0.29) is 6.01 Å². The molecular formula is C14H13ClN6O. The molecule has 3 rings (SSSR count). The topological polar surface area (TPSA) is 77.8 Å². The number of anilines is 1. The van der Waals surface area contributed by atoms with Gasteiger partial charge >= 0.3 is 6.01 Å². The van der Waals surface area contributed by atoms with E-state index < -0.39 is 0 Å². The summed E-state index contributed by atoms with van der Waals surface area (Å²) in [6.45, 7) is 0.581. The second kappa shape index (κ2) is 6.40. The number of nitrogens with one attached hydrogen (secondary N) is 1. The van der Waals surface area contributed by atoms with Gasteiger partial charge in [-0.05, 0) is 17.7 Å². The number of methoxy groups -OCH3 is 1. The van der Waals surface area contributed by atoms with Crippen molar-refractivity contribution in [3.63, 3.8) is 0 Å². The average molecular weight is 317 g/mol. The van der Waals surface area contributed by atoms with E-state index in [0.717, 1.165) is 11.3 Å². The molecule has 0 aliphatic carbocycles. The number of hydrogen-bond acceptors (Lipinski definition) is 6. The number of ether oxygens (including phenoxy) is 1. The molecule has 2 heterocycles. The zero-order valence-corrected chi connectivity index (χ0v) is 12.5. The molecule has 0 radical (unpaired) electrons. The molecule has 8 heteroatoms. The molecule has 0 aliphatic heterocycles. The van der Waals surface area contributed by atoms with Crippen LogP contribution < -0.4 is 10.1 Å². The lowest BCUT2D eigenvalue weighted by Gasteiger charge is -2.09. The maximum Gasteiger partial charge on any atom is 0.318 e. The monoisotopic (exact) mass is 316 g/mol. The summed E-state index contributed by atoms with van der Waals surface area (Å²) in [5, 5.41) is 7.69. The first-order valence-electron chi connectivity index (χ1n) is 6.50. The Balaban J connectivity index is 1.69. The summed E-state index contributed by atoms with van der Waals surface area (Å²) < 4.78 is 6.68. The average Bonchev–Trinajstić information content (AvgIpc) is 3.09. The second-order valence-electron chi connectivity index (χ2n) is 4.41. The van der Waals surface area contributed by atoms with Crippen LogP contribution in [0.2, 0.25) is 5.02 Å². The van der Waals surface area contributed by atoms with Crippen LogP contribution in [0.4, 0.5) is 5.82 Å². The lowest BCUT2D eigenvalue weighted by Crippen LogP contribution is -2.04. The van der Waals surface area contributed by atoms with Crippen LogP contribution in [0.5, 0.6) is 6.01 Å². The van der Waals surface area contributed by atoms with Crippen molar-refractivity contribution in [3.05, 3.63) is 53.7 Å². The van der Waals surface area contributed by atoms with Crippen LogP contribution in [0.1, 0.15) is 5.56 Å². The minimum absolute atomic E-state index is 0.272. The molecule has 0 aliphatic rings. The van der Waals surface area contributed by atoms with Crippen molar-refractivity contribution < 1.29 is 4.74 Å². The van der Waals surface area contributed by atoms with Crippen LogP contribution in [0, 0.1) is 0 Å². The van der Waals surface area contributed by atoms with E-state index in [0.29, 0.717) is 17.4 Å². The predicted octanol–water partition coefficient (Wildman–Crippen LogP) is 2.33. The first-order chi connectivity index (χ1) is 10.8. The highest BCUT2D eigenvalue weighted by Crippen LogP contribution is 2.21. The van der Waals surface area contributed by atoms with Crippen LogP contribution in [0.25, 0.3) is 5.69 Å². The van der Waals surface area contributed by atoms with Crippen molar-refractivity contribution >= 4 is 17.4 Å². The molecule has 0 saturated heterocycles. The predicted molar refractivity (Wildman–Crippen MR) is 82.3 cm³/mol. The molecule has 2 aromatic heterocycles. The van der Waals surface area contributed by atoms with Gasteiger partial charge in [-0.1, -0.05) is 23.7 Å². The highest BCUT2D eigenvalue weighted by atomic mass is 35.5. The van der Waals surface area contributed by atoms with Gasteiger partial charge in [-0.25, -0.2) is 14.6 Å². The number of aromatic nitrogens is 5. The van der Waals surface area contributed by atoms with Crippen molar-refractivity contribution in [2.75, 3.05) is 12.4 Å². The normalized spacial score (nSPS) is 10.5. The van der Waals surface area contributed by atoms with E-state index in [9.17, 15) is 0 Å². The summed E-state index contributed by atoms with van der Waals surface area (Å²) in [6.07, 6.45) is 4.66. The molecule has 0 fully saturated rings. The maximum absolute atomic E-state index is 6.05. The molecule has 3 aromatic rings. The van der Waals surface area contributed by atoms with Gasteiger partial charge in [0.1, 0.15) is 17.7 Å². The Hall–Kier alpha value is -2.67. The third-order valence-corrected chi connectivity index (χ3v) is 3.26. The van der Waals surface area contributed by atoms with Gasteiger partial charge in [0.25, 0.3) is 0 Å². The fourth-order valence-corrected chi connectivity index (χ4v) is 2.03. The molecule has 0 bridgehead atoms. The number of benzene rings is 1. The van der Waals surface area contributed by atoms with E-state index in [1.807, 2.05) is 24.3 Å². The van der Waals surface area contributed by atoms with Crippen molar-refractivity contribution in [3.8, 4) is 11.7 Å². The van der Waals surface area contributed by atoms with E-state index in [1.165, 1.54) is 19.6 Å². The molecule has 22 heavy (non-hydrogen) atoms. The number of hydrogen-bond donors (Lipinski definition) is 1. The van der Waals surface area contributed by atoms with Gasteiger partial charge in [0.05, 0.1) is 19.0 Å². The molecule has 0 saturated carbocycles. The third-order valence-electron chi connectivity index (χ3n) is 2.98. The van der Waals surface area contributed by atoms with Gasteiger partial charge in [-0.3, -0.25) is 0 Å². The maximum atomic E-state index is 6.05. The quantitative estimate of drug-likeness (QED) is 0.778. The summed E-state index contributed by atoms with van der Waals surface area (Å²) >= 11 is 6.05. The van der Waals surface area contributed by atoms with E-state index in [1.54, 1.807) is 11.0 Å². The largest absolute Gasteiger partial charge is 0.467 e. The molecule has 0 amide bonds. The SMILES string of the molecule is COc1ncc(Cl)c(NCc2ccc(-n3cncn3)cc2)n1. The van der Waals surface area contributed by atoms with Gasteiger partial charge in [-0.2, -0.15) is 10.1 Å². The number of nitrogens with zero attached hydrogens (tertiary/aromatic N) is 5. The van der Waals surface area contributed by atoms with E-state index in [4.69, 9.17) is 16.3 Å². The Morgan fingerprint density at radius 3 is 2.77 bits per heavy atom. The van der Waals surface area contributed by atoms with Crippen LogP contribution in [0.15, 0.2) is 43.1 Å². The fraction of sp³-hybridized carbons (Fsp3) is 0.143. The lowest BCUT2D eigenvalue weighted by molar-refractivity contribution is 0.380. The summed E-state index contributed by atoms with van der Waals surface area (Å²) in [5.41, 5.74) is 2.03. The molecule has 112 valence electrons. The number of halogens is 1. The van der Waals surface area contributed by atoms with Crippen molar-refractivity contribution in [1.29, 1.82) is 0 Å². The van der Waals surface area contributed by atoms with E-state index in [2.05, 4.69) is 25.4 Å². The van der Waals surface area contributed by atoms with Gasteiger partial charge in [0, 0.05) is 6.54 Å². The van der Waals surface area contributed by atoms with Crippen molar-refractivity contribution in [2.45, 2.75) is 6.54 Å². The Morgan fingerprint density at radius 1 is 1.27 bits per heavy atom. The number of rotatable bonds is 5. The van der Waals surface area contributed by atoms with Gasteiger partial charge in [0.2, 0.25) is 0 Å². The molecular weight excluding hydrogens is 304 g/mol.